The summed E-state index contributed by atoms with van der Waals surface area (Å²) < 4.78 is 5.27. The molecule has 2 N–H and O–H groups in total. The van der Waals surface area contributed by atoms with Crippen molar-refractivity contribution in [3.63, 3.8) is 0 Å². The minimum absolute atomic E-state index is 0.313. The fourth-order valence-electron chi connectivity index (χ4n) is 0.840. The highest BCUT2D eigenvalue weighted by molar-refractivity contribution is 5.90. The second kappa shape index (κ2) is 5.14. The van der Waals surface area contributed by atoms with Crippen molar-refractivity contribution in [2.75, 3.05) is 0 Å². The van der Waals surface area contributed by atoms with Gasteiger partial charge in [0.05, 0.1) is 0 Å². The largest absolute Gasteiger partial charge is 0.458 e. The Bertz CT molecular complexity index is 299. The minimum Gasteiger partial charge on any atom is -0.458 e. The van der Waals surface area contributed by atoms with Crippen LogP contribution in [0.15, 0.2) is 12.3 Å². The Hall–Kier alpha value is -1.32. The number of nitrogens with one attached hydrogen (secondary N) is 2. The van der Waals surface area contributed by atoms with Crippen molar-refractivity contribution in [3.8, 4) is 0 Å². The maximum atomic E-state index is 11.8. The highest BCUT2D eigenvalue weighted by Gasteiger charge is 2.31. The molecule has 0 amide bonds. The van der Waals surface area contributed by atoms with Gasteiger partial charge < -0.3 is 15.5 Å². The first-order valence-corrected chi connectivity index (χ1v) is 5.27. The van der Waals surface area contributed by atoms with Crippen LogP contribution in [0.2, 0.25) is 0 Å². The summed E-state index contributed by atoms with van der Waals surface area (Å²) in [5, 5.41) is 10.1. The Labute approximate surface area is 97.6 Å². The third kappa shape index (κ3) is 6.22. The molecule has 0 aromatic carbocycles. The molecule has 0 aliphatic rings. The van der Waals surface area contributed by atoms with E-state index in [-0.39, 0.29) is 5.97 Å². The van der Waals surface area contributed by atoms with E-state index in [2.05, 4.69) is 5.32 Å². The first-order chi connectivity index (χ1) is 7.04. The van der Waals surface area contributed by atoms with Crippen LogP contribution in [-0.4, -0.2) is 22.8 Å². The van der Waals surface area contributed by atoms with Crippen molar-refractivity contribution < 1.29 is 9.53 Å². The topological polar surface area (TPSA) is 62.2 Å². The van der Waals surface area contributed by atoms with E-state index in [0.717, 1.165) is 0 Å². The molecule has 0 unspecified atom stereocenters. The average Bonchev–Trinajstić information content (AvgIpc) is 1.99. The molecular weight excluding hydrogens is 204 g/mol. The zero-order chi connectivity index (χ0) is 13.0. The predicted molar refractivity (Wildman–Crippen MR) is 65.6 cm³/mol. The molecular formula is C12H22N2O2. The third-order valence-corrected chi connectivity index (χ3v) is 1.69. The van der Waals surface area contributed by atoms with Gasteiger partial charge >= 0.3 is 5.97 Å². The van der Waals surface area contributed by atoms with Gasteiger partial charge in [-0.25, -0.2) is 4.79 Å². The lowest BCUT2D eigenvalue weighted by molar-refractivity contribution is -0.161. The van der Waals surface area contributed by atoms with Crippen LogP contribution in [0.1, 0.15) is 41.5 Å². The summed E-state index contributed by atoms with van der Waals surface area (Å²) >= 11 is 0. The van der Waals surface area contributed by atoms with E-state index < -0.39 is 11.1 Å². The fraction of sp³-hybridized carbons (Fsp3) is 0.667. The minimum atomic E-state index is -0.792. The van der Waals surface area contributed by atoms with Crippen molar-refractivity contribution in [2.24, 2.45) is 0 Å². The van der Waals surface area contributed by atoms with E-state index in [1.165, 1.54) is 0 Å². The van der Waals surface area contributed by atoms with Gasteiger partial charge in [-0.15, -0.1) is 0 Å². The van der Waals surface area contributed by atoms with Crippen LogP contribution in [-0.2, 0) is 9.53 Å². The van der Waals surface area contributed by atoms with Crippen LogP contribution in [0.3, 0.4) is 0 Å². The normalized spacial score (nSPS) is 12.6. The maximum Gasteiger partial charge on any atom is 0.331 e. The Balaban J connectivity index is 4.43. The van der Waals surface area contributed by atoms with Gasteiger partial charge in [-0.1, -0.05) is 0 Å². The van der Waals surface area contributed by atoms with Gasteiger partial charge in [0.15, 0.2) is 0 Å². The summed E-state index contributed by atoms with van der Waals surface area (Å²) in [6, 6.07) is 0. The van der Waals surface area contributed by atoms with Crippen LogP contribution < -0.4 is 5.32 Å². The molecule has 0 aliphatic carbocycles. The standard InChI is InChI=1S/C12H22N2O2/c1-9(13)7-8-14-12(5,6)10(15)16-11(2,3)4/h7-8,13-14H,1-6H3/b8-7-,13-9?. The third-order valence-electron chi connectivity index (χ3n) is 1.69. The molecule has 16 heavy (non-hydrogen) atoms. The van der Waals surface area contributed by atoms with Crippen molar-refractivity contribution in [1.29, 1.82) is 5.41 Å². The summed E-state index contributed by atoms with van der Waals surface area (Å²) in [6.45, 7) is 10.6. The molecule has 0 radical (unpaired) electrons. The van der Waals surface area contributed by atoms with E-state index in [0.29, 0.717) is 5.71 Å². The molecule has 0 saturated heterocycles. The molecule has 4 heteroatoms. The van der Waals surface area contributed by atoms with Crippen LogP contribution in [0.25, 0.3) is 0 Å². The second-order valence-corrected chi connectivity index (χ2v) is 5.29. The lowest BCUT2D eigenvalue weighted by Crippen LogP contribution is -2.47. The zero-order valence-electron chi connectivity index (χ0n) is 11.0. The lowest BCUT2D eigenvalue weighted by Gasteiger charge is -2.28. The summed E-state index contributed by atoms with van der Waals surface area (Å²) in [6.07, 6.45) is 3.18. The van der Waals surface area contributed by atoms with Crippen LogP contribution in [0.4, 0.5) is 0 Å². The zero-order valence-corrected chi connectivity index (χ0v) is 11.0. The van der Waals surface area contributed by atoms with Gasteiger partial charge in [-0.05, 0) is 53.8 Å². The number of carbonyl (C=O) groups is 1. The monoisotopic (exact) mass is 226 g/mol. The molecule has 0 atom stereocenters. The average molecular weight is 226 g/mol. The molecule has 4 nitrogen and oxygen atoms in total. The summed E-state index contributed by atoms with van der Waals surface area (Å²) in [5.74, 6) is -0.313. The molecule has 92 valence electrons. The number of ether oxygens (including phenoxy) is 1. The van der Waals surface area contributed by atoms with Gasteiger partial charge in [0.2, 0.25) is 0 Å². The molecule has 0 rings (SSSR count). The Morgan fingerprint density at radius 3 is 2.12 bits per heavy atom. The van der Waals surface area contributed by atoms with E-state index in [9.17, 15) is 4.79 Å². The number of rotatable bonds is 4. The van der Waals surface area contributed by atoms with Crippen molar-refractivity contribution in [1.82, 2.24) is 5.32 Å². The predicted octanol–water partition coefficient (Wildman–Crippen LogP) is 2.25. The second-order valence-electron chi connectivity index (χ2n) is 5.29. The van der Waals surface area contributed by atoms with Gasteiger partial charge in [0.25, 0.3) is 0 Å². The van der Waals surface area contributed by atoms with Gasteiger partial charge in [0, 0.05) is 5.71 Å². The smallest absolute Gasteiger partial charge is 0.331 e. The first-order valence-electron chi connectivity index (χ1n) is 5.27. The van der Waals surface area contributed by atoms with E-state index in [4.69, 9.17) is 10.1 Å². The molecule has 0 aromatic heterocycles. The Morgan fingerprint density at radius 2 is 1.75 bits per heavy atom. The lowest BCUT2D eigenvalue weighted by atomic mass is 10.1. The van der Waals surface area contributed by atoms with Crippen molar-refractivity contribution in [2.45, 2.75) is 52.7 Å². The molecule has 0 aliphatic heterocycles. The molecule has 0 aromatic rings. The number of hydrogen-bond donors (Lipinski definition) is 2. The van der Waals surface area contributed by atoms with E-state index >= 15 is 0 Å². The molecule has 0 spiro atoms. The van der Waals surface area contributed by atoms with Crippen molar-refractivity contribution in [3.05, 3.63) is 12.3 Å². The van der Waals surface area contributed by atoms with Crippen molar-refractivity contribution >= 4 is 11.7 Å². The van der Waals surface area contributed by atoms with Crippen LogP contribution >= 0.6 is 0 Å². The summed E-state index contributed by atoms with van der Waals surface area (Å²) in [7, 11) is 0. The van der Waals surface area contributed by atoms with E-state index in [1.54, 1.807) is 33.0 Å². The fourth-order valence-corrected chi connectivity index (χ4v) is 0.840. The number of hydrogen-bond acceptors (Lipinski definition) is 4. The SMILES string of the molecule is CC(=N)/C=C\NC(C)(C)C(=O)OC(C)(C)C. The summed E-state index contributed by atoms with van der Waals surface area (Å²) in [4.78, 5) is 11.8. The maximum absolute atomic E-state index is 11.8. The molecule has 0 heterocycles. The number of carbonyl (C=O) groups excluding carboxylic acids is 1. The molecule has 0 saturated carbocycles. The highest BCUT2D eigenvalue weighted by atomic mass is 16.6. The van der Waals surface area contributed by atoms with Crippen LogP contribution in [0, 0.1) is 5.41 Å². The first kappa shape index (κ1) is 14.7. The quantitative estimate of drug-likeness (QED) is 0.571. The molecule has 0 bridgehead atoms. The Morgan fingerprint density at radius 1 is 1.25 bits per heavy atom. The van der Waals surface area contributed by atoms with Gasteiger partial charge in [-0.3, -0.25) is 0 Å². The highest BCUT2D eigenvalue weighted by Crippen LogP contribution is 2.13. The molecule has 0 fully saturated rings. The van der Waals surface area contributed by atoms with E-state index in [1.807, 2.05) is 20.8 Å². The van der Waals surface area contributed by atoms with Gasteiger partial charge in [-0.2, -0.15) is 0 Å². The number of allylic oxidation sites excluding steroid dienone is 1. The van der Waals surface area contributed by atoms with Gasteiger partial charge in [0.1, 0.15) is 11.1 Å². The Kier molecular flexibility index (Phi) is 4.72. The van der Waals surface area contributed by atoms with Crippen LogP contribution in [0.5, 0.6) is 0 Å². The number of esters is 1. The summed E-state index contributed by atoms with van der Waals surface area (Å²) in [5.41, 5.74) is -0.858.